The predicted molar refractivity (Wildman–Crippen MR) is 175 cm³/mol. The summed E-state index contributed by atoms with van der Waals surface area (Å²) in [7, 11) is 0. The first-order chi connectivity index (χ1) is 23.1. The quantitative estimate of drug-likeness (QED) is 0.126. The van der Waals surface area contributed by atoms with Gasteiger partial charge in [-0.1, -0.05) is 103 Å². The highest BCUT2D eigenvalue weighted by molar-refractivity contribution is 5.89. The number of carboxylic acids is 1. The fourth-order valence-corrected chi connectivity index (χ4v) is 5.56. The van der Waals surface area contributed by atoms with Crippen molar-refractivity contribution in [3.05, 3.63) is 160 Å². The third-order valence-electron chi connectivity index (χ3n) is 7.93. The lowest BCUT2D eigenvalue weighted by atomic mass is 9.90. The van der Waals surface area contributed by atoms with Crippen molar-refractivity contribution in [2.75, 3.05) is 6.61 Å². The van der Waals surface area contributed by atoms with Crippen molar-refractivity contribution in [1.29, 1.82) is 0 Å². The molecule has 0 saturated carbocycles. The maximum atomic E-state index is 12.5. The molecule has 1 fully saturated rings. The van der Waals surface area contributed by atoms with Crippen LogP contribution in [0.2, 0.25) is 0 Å². The Morgan fingerprint density at radius 2 is 1.19 bits per heavy atom. The average molecular weight is 633 g/mol. The van der Waals surface area contributed by atoms with E-state index in [2.05, 4.69) is 0 Å². The van der Waals surface area contributed by atoms with E-state index in [4.69, 9.17) is 24.0 Å². The minimum absolute atomic E-state index is 0.0371. The predicted octanol–water partition coefficient (Wildman–Crippen LogP) is 7.99. The summed E-state index contributed by atoms with van der Waals surface area (Å²) in [5.41, 5.74) is 4.09. The summed E-state index contributed by atoms with van der Waals surface area (Å²) in [6.45, 7) is 1.02. The zero-order valence-electron chi connectivity index (χ0n) is 25.8. The van der Waals surface area contributed by atoms with Crippen molar-refractivity contribution in [3.63, 3.8) is 0 Å². The summed E-state index contributed by atoms with van der Waals surface area (Å²) in [4.78, 5) is 23.4. The van der Waals surface area contributed by atoms with Gasteiger partial charge in [-0.15, -0.1) is 0 Å². The highest BCUT2D eigenvalue weighted by Gasteiger charge is 2.32. The van der Waals surface area contributed by atoms with E-state index in [0.29, 0.717) is 29.9 Å². The van der Waals surface area contributed by atoms with Crippen LogP contribution < -0.4 is 14.2 Å². The van der Waals surface area contributed by atoms with Gasteiger partial charge >= 0.3 is 5.97 Å². The van der Waals surface area contributed by atoms with Crippen molar-refractivity contribution in [2.45, 2.75) is 44.9 Å². The van der Waals surface area contributed by atoms with Gasteiger partial charge in [-0.3, -0.25) is 0 Å². The van der Waals surface area contributed by atoms with Crippen LogP contribution in [0.15, 0.2) is 121 Å². The number of aromatic carboxylic acids is 1. The van der Waals surface area contributed by atoms with Gasteiger partial charge in [0.15, 0.2) is 0 Å². The van der Waals surface area contributed by atoms with E-state index in [1.54, 1.807) is 6.07 Å². The molecule has 0 aromatic heterocycles. The summed E-state index contributed by atoms with van der Waals surface area (Å²) < 4.78 is 19.0. The fraction of sp³-hybridized carbons (Fsp3) is 0.205. The fourth-order valence-electron chi connectivity index (χ4n) is 5.56. The molecule has 8 nitrogen and oxygen atoms in total. The van der Waals surface area contributed by atoms with E-state index in [9.17, 15) is 15.0 Å². The lowest BCUT2D eigenvalue weighted by Gasteiger charge is -2.28. The molecule has 47 heavy (non-hydrogen) atoms. The molecule has 5 aromatic carbocycles. The van der Waals surface area contributed by atoms with Gasteiger partial charge in [-0.25, -0.2) is 14.6 Å². The van der Waals surface area contributed by atoms with Gasteiger partial charge in [-0.2, -0.15) is 0 Å². The average Bonchev–Trinajstić information content (AvgIpc) is 3.13. The number of carboxylic acid groups (broad SMARTS) is 1. The molecule has 2 unspecified atom stereocenters. The molecule has 240 valence electrons. The molecule has 1 saturated heterocycles. The van der Waals surface area contributed by atoms with Gasteiger partial charge in [-0.05, 0) is 53.3 Å². The van der Waals surface area contributed by atoms with Gasteiger partial charge in [0.05, 0.1) is 17.7 Å². The topological polar surface area (TPSA) is 104 Å². The monoisotopic (exact) mass is 632 g/mol. The first kappa shape index (κ1) is 31.8. The number of rotatable bonds is 13. The van der Waals surface area contributed by atoms with E-state index in [1.807, 2.05) is 103 Å². The molecule has 0 spiro atoms. The Hall–Kier alpha value is -5.15. The second-order valence-electron chi connectivity index (χ2n) is 11.2. The first-order valence-corrected chi connectivity index (χ1v) is 15.6. The largest absolute Gasteiger partial charge is 0.488 e. The summed E-state index contributed by atoms with van der Waals surface area (Å²) in [5.74, 6) is -0.360. The van der Waals surface area contributed by atoms with Gasteiger partial charge in [0, 0.05) is 5.56 Å². The van der Waals surface area contributed by atoms with E-state index in [1.165, 1.54) is 12.1 Å². The van der Waals surface area contributed by atoms with Crippen molar-refractivity contribution in [3.8, 4) is 17.2 Å². The third kappa shape index (κ3) is 7.99. The molecule has 0 amide bonds. The zero-order chi connectivity index (χ0) is 32.4. The Morgan fingerprint density at radius 1 is 0.681 bits per heavy atom. The van der Waals surface area contributed by atoms with Crippen molar-refractivity contribution in [1.82, 2.24) is 0 Å². The van der Waals surface area contributed by atoms with Gasteiger partial charge in [0.25, 0.3) is 0 Å². The first-order valence-electron chi connectivity index (χ1n) is 15.6. The molecule has 6 rings (SSSR count). The number of aliphatic hydroxyl groups excluding tert-OH is 1. The standard InChI is InChI=1S/C39H36O8/c40-38(36-31(32-20-11-21-46-47-32)18-10-19-33(36)43-24-27-12-4-1-5-13-27)37-34(44-25-28-14-6-2-7-15-28)22-30(39(41)42)23-35(37)45-26-29-16-8-3-9-17-29/h1-10,12-19,22-23,32,38,40H,11,20-21,24-26H2,(H,41,42). The van der Waals surface area contributed by atoms with Crippen LogP contribution in [0.5, 0.6) is 17.2 Å². The highest BCUT2D eigenvalue weighted by Crippen LogP contribution is 2.46. The molecule has 2 N–H and O–H groups in total. The van der Waals surface area contributed by atoms with Crippen LogP contribution in [0.4, 0.5) is 0 Å². The van der Waals surface area contributed by atoms with Gasteiger partial charge < -0.3 is 24.4 Å². The van der Waals surface area contributed by atoms with Crippen molar-refractivity contribution >= 4 is 5.97 Å². The number of benzene rings is 5. The third-order valence-corrected chi connectivity index (χ3v) is 7.93. The van der Waals surface area contributed by atoms with Gasteiger partial charge in [0.1, 0.15) is 49.3 Å². The van der Waals surface area contributed by atoms with E-state index in [0.717, 1.165) is 23.1 Å². The molecule has 2 atom stereocenters. The molecule has 1 aliphatic heterocycles. The Kier molecular flexibility index (Phi) is 10.4. The van der Waals surface area contributed by atoms with Crippen LogP contribution in [0, 0.1) is 0 Å². The second-order valence-corrected chi connectivity index (χ2v) is 11.2. The van der Waals surface area contributed by atoms with Crippen LogP contribution >= 0.6 is 0 Å². The lowest BCUT2D eigenvalue weighted by molar-refractivity contribution is -0.348. The van der Waals surface area contributed by atoms with E-state index < -0.39 is 18.2 Å². The maximum Gasteiger partial charge on any atom is 0.335 e. The smallest absolute Gasteiger partial charge is 0.335 e. The Balaban J connectivity index is 1.47. The number of ether oxygens (including phenoxy) is 3. The molecule has 0 radical (unpaired) electrons. The normalized spacial score (nSPS) is 15.0. The maximum absolute atomic E-state index is 12.5. The summed E-state index contributed by atoms with van der Waals surface area (Å²) >= 11 is 0. The number of aliphatic hydroxyl groups is 1. The molecule has 8 heteroatoms. The minimum atomic E-state index is -1.36. The van der Waals surface area contributed by atoms with E-state index >= 15 is 0 Å². The highest BCUT2D eigenvalue weighted by atomic mass is 17.2. The molecular formula is C39H36O8. The molecule has 0 aliphatic carbocycles. The van der Waals surface area contributed by atoms with Crippen LogP contribution in [-0.4, -0.2) is 22.8 Å². The zero-order valence-corrected chi connectivity index (χ0v) is 25.8. The molecular weight excluding hydrogens is 596 g/mol. The lowest BCUT2D eigenvalue weighted by Crippen LogP contribution is -2.18. The summed E-state index contributed by atoms with van der Waals surface area (Å²) in [6.07, 6.45) is -0.371. The molecule has 1 aliphatic rings. The van der Waals surface area contributed by atoms with Crippen LogP contribution in [-0.2, 0) is 29.6 Å². The van der Waals surface area contributed by atoms with Crippen LogP contribution in [0.1, 0.15) is 68.8 Å². The van der Waals surface area contributed by atoms with E-state index in [-0.39, 0.29) is 42.4 Å². The summed E-state index contributed by atoms with van der Waals surface area (Å²) in [5, 5.41) is 22.5. The molecule has 5 aromatic rings. The Morgan fingerprint density at radius 3 is 1.66 bits per heavy atom. The van der Waals surface area contributed by atoms with Crippen molar-refractivity contribution in [2.24, 2.45) is 0 Å². The second kappa shape index (κ2) is 15.4. The minimum Gasteiger partial charge on any atom is -0.488 e. The Bertz CT molecular complexity index is 1690. The van der Waals surface area contributed by atoms with Gasteiger partial charge in [0.2, 0.25) is 0 Å². The Labute approximate surface area is 273 Å². The SMILES string of the molecule is O=C(O)c1cc(OCc2ccccc2)c(C(O)c2c(OCc3ccccc3)cccc2C2CCCOO2)c(OCc2ccccc2)c1. The number of hydrogen-bond acceptors (Lipinski definition) is 7. The van der Waals surface area contributed by atoms with Crippen LogP contribution in [0.25, 0.3) is 0 Å². The number of hydrogen-bond donors (Lipinski definition) is 2. The molecule has 1 heterocycles. The van der Waals surface area contributed by atoms with Crippen LogP contribution in [0.3, 0.4) is 0 Å². The number of carbonyl (C=O) groups is 1. The summed E-state index contributed by atoms with van der Waals surface area (Å²) in [6, 6.07) is 37.2. The molecule has 0 bridgehead atoms. The van der Waals surface area contributed by atoms with Crippen molar-refractivity contribution < 1.29 is 39.0 Å².